The number of hydrogen-bond acceptors (Lipinski definition) is 1. The van der Waals surface area contributed by atoms with Crippen molar-refractivity contribution in [2.45, 2.75) is 31.7 Å². The molecular formula is C9H19ClN2O. The second kappa shape index (κ2) is 4.82. The molecule has 0 bridgehead atoms. The number of nitrogens with two attached hydrogens (primary N) is 1. The maximum Gasteiger partial charge on any atom is 0.272 e. The van der Waals surface area contributed by atoms with Crippen molar-refractivity contribution in [2.24, 2.45) is 5.73 Å². The highest BCUT2D eigenvalue weighted by atomic mass is 35.5. The molecule has 0 unspecified atom stereocenters. The lowest BCUT2D eigenvalue weighted by Gasteiger charge is -2.34. The van der Waals surface area contributed by atoms with E-state index in [1.54, 1.807) is 0 Å². The van der Waals surface area contributed by atoms with Crippen LogP contribution in [0.4, 0.5) is 0 Å². The van der Waals surface area contributed by atoms with Crippen LogP contribution >= 0.6 is 0 Å². The van der Waals surface area contributed by atoms with Crippen molar-refractivity contribution in [1.82, 2.24) is 0 Å². The average molecular weight is 207 g/mol. The first-order valence-electron chi connectivity index (χ1n) is 4.63. The zero-order chi connectivity index (χ0) is 9.19. The molecule has 0 aliphatic heterocycles. The summed E-state index contributed by atoms with van der Waals surface area (Å²) in [4.78, 5) is 10.8. The van der Waals surface area contributed by atoms with E-state index in [1.165, 1.54) is 25.7 Å². The molecule has 78 valence electrons. The van der Waals surface area contributed by atoms with E-state index in [4.69, 9.17) is 5.73 Å². The molecule has 1 saturated carbocycles. The van der Waals surface area contributed by atoms with Crippen LogP contribution in [0.15, 0.2) is 0 Å². The van der Waals surface area contributed by atoms with Crippen molar-refractivity contribution < 1.29 is 21.7 Å². The van der Waals surface area contributed by atoms with Crippen molar-refractivity contribution in [3.63, 3.8) is 0 Å². The van der Waals surface area contributed by atoms with E-state index < -0.39 is 0 Å². The molecule has 0 aromatic heterocycles. The number of halogens is 1. The van der Waals surface area contributed by atoms with Gasteiger partial charge in [-0.05, 0) is 25.7 Å². The lowest BCUT2D eigenvalue weighted by molar-refractivity contribution is -0.906. The van der Waals surface area contributed by atoms with Crippen LogP contribution < -0.4 is 18.1 Å². The van der Waals surface area contributed by atoms with E-state index in [9.17, 15) is 4.79 Å². The third-order valence-electron chi connectivity index (χ3n) is 2.88. The van der Waals surface area contributed by atoms with Gasteiger partial charge in [0.1, 0.15) is 0 Å². The Bertz CT molecular complexity index is 176. The third kappa shape index (κ3) is 3.53. The molecule has 1 rings (SSSR count). The summed E-state index contributed by atoms with van der Waals surface area (Å²) in [5.74, 6) is -0.188. The summed E-state index contributed by atoms with van der Waals surface area (Å²) in [5, 5.41) is 0. The Balaban J connectivity index is 0.00000144. The van der Waals surface area contributed by atoms with Crippen molar-refractivity contribution in [2.75, 3.05) is 20.6 Å². The molecule has 0 heterocycles. The minimum Gasteiger partial charge on any atom is -1.00 e. The van der Waals surface area contributed by atoms with Gasteiger partial charge in [-0.3, -0.25) is 4.79 Å². The van der Waals surface area contributed by atoms with E-state index in [2.05, 4.69) is 14.1 Å². The first-order chi connectivity index (χ1) is 5.52. The largest absolute Gasteiger partial charge is 1.00 e. The lowest BCUT2D eigenvalue weighted by Crippen LogP contribution is -3.00. The van der Waals surface area contributed by atoms with Gasteiger partial charge < -0.3 is 22.6 Å². The van der Waals surface area contributed by atoms with Crippen LogP contribution in [0.1, 0.15) is 25.7 Å². The van der Waals surface area contributed by atoms with E-state index >= 15 is 0 Å². The molecule has 4 heteroatoms. The number of primary amides is 1. The van der Waals surface area contributed by atoms with Gasteiger partial charge in [0.15, 0.2) is 6.54 Å². The minimum absolute atomic E-state index is 0. The number of carbonyl (C=O) groups excluding carboxylic acids is 1. The molecule has 0 atom stereocenters. The van der Waals surface area contributed by atoms with Crippen LogP contribution in [-0.4, -0.2) is 37.1 Å². The highest BCUT2D eigenvalue weighted by molar-refractivity contribution is 5.74. The van der Waals surface area contributed by atoms with Gasteiger partial charge in [0.2, 0.25) is 0 Å². The monoisotopic (exact) mass is 206 g/mol. The standard InChI is InChI=1S/C9H18N2O.ClH/c1-11(2,7-9(10)12)8-5-3-4-6-8;/h8H,3-7H2,1-2H3,(H-,10,12);1H. The van der Waals surface area contributed by atoms with Crippen LogP contribution in [0.3, 0.4) is 0 Å². The Labute approximate surface area is 86.3 Å². The normalized spacial score (nSPS) is 18.3. The Kier molecular flexibility index (Phi) is 4.71. The molecule has 1 fully saturated rings. The van der Waals surface area contributed by atoms with Crippen LogP contribution in [0.25, 0.3) is 0 Å². The predicted octanol–water partition coefficient (Wildman–Crippen LogP) is -2.51. The molecule has 0 aromatic carbocycles. The molecular weight excluding hydrogens is 188 g/mol. The number of quaternary nitrogens is 1. The van der Waals surface area contributed by atoms with Crippen molar-refractivity contribution in [3.8, 4) is 0 Å². The summed E-state index contributed by atoms with van der Waals surface area (Å²) < 4.78 is 0.773. The minimum atomic E-state index is -0.188. The fourth-order valence-corrected chi connectivity index (χ4v) is 2.13. The Morgan fingerprint density at radius 1 is 1.38 bits per heavy atom. The molecule has 1 amide bonds. The summed E-state index contributed by atoms with van der Waals surface area (Å²) in [6.45, 7) is 0.477. The smallest absolute Gasteiger partial charge is 0.272 e. The maximum absolute atomic E-state index is 10.8. The van der Waals surface area contributed by atoms with Gasteiger partial charge >= 0.3 is 0 Å². The zero-order valence-electron chi connectivity index (χ0n) is 8.42. The summed E-state index contributed by atoms with van der Waals surface area (Å²) >= 11 is 0. The Morgan fingerprint density at radius 2 is 1.85 bits per heavy atom. The molecule has 2 N–H and O–H groups in total. The Hall–Kier alpha value is -0.280. The molecule has 1 aliphatic rings. The fraction of sp³-hybridized carbons (Fsp3) is 0.889. The SMILES string of the molecule is C[N+](C)(CC(N)=O)C1CCCC1.[Cl-]. The first kappa shape index (κ1) is 12.7. The fourth-order valence-electron chi connectivity index (χ4n) is 2.13. The average Bonchev–Trinajstić information content (AvgIpc) is 2.32. The number of nitrogens with zero attached hydrogens (tertiary/aromatic N) is 1. The summed E-state index contributed by atoms with van der Waals surface area (Å²) in [7, 11) is 4.20. The highest BCUT2D eigenvalue weighted by Crippen LogP contribution is 2.26. The topological polar surface area (TPSA) is 43.1 Å². The molecule has 0 aromatic rings. The van der Waals surface area contributed by atoms with E-state index in [0.29, 0.717) is 12.6 Å². The second-order valence-electron chi connectivity index (χ2n) is 4.34. The quantitative estimate of drug-likeness (QED) is 0.510. The van der Waals surface area contributed by atoms with Gasteiger partial charge in [0, 0.05) is 0 Å². The molecule has 3 nitrogen and oxygen atoms in total. The second-order valence-corrected chi connectivity index (χ2v) is 4.34. The van der Waals surface area contributed by atoms with Gasteiger partial charge in [0.25, 0.3) is 5.91 Å². The molecule has 13 heavy (non-hydrogen) atoms. The number of hydrogen-bond donors (Lipinski definition) is 1. The Morgan fingerprint density at radius 3 is 2.23 bits per heavy atom. The molecule has 1 aliphatic carbocycles. The summed E-state index contributed by atoms with van der Waals surface area (Å²) in [6, 6.07) is 0.650. The van der Waals surface area contributed by atoms with E-state index in [1.807, 2.05) is 0 Å². The zero-order valence-corrected chi connectivity index (χ0v) is 9.18. The van der Waals surface area contributed by atoms with Crippen LogP contribution in [-0.2, 0) is 4.79 Å². The van der Waals surface area contributed by atoms with Gasteiger partial charge in [-0.1, -0.05) is 0 Å². The van der Waals surface area contributed by atoms with E-state index in [0.717, 1.165) is 4.48 Å². The van der Waals surface area contributed by atoms with Crippen molar-refractivity contribution >= 4 is 5.91 Å². The van der Waals surface area contributed by atoms with Gasteiger partial charge in [0.05, 0.1) is 20.1 Å². The number of rotatable bonds is 3. The number of amides is 1. The summed E-state index contributed by atoms with van der Waals surface area (Å²) in [5.41, 5.74) is 5.19. The maximum atomic E-state index is 10.8. The van der Waals surface area contributed by atoms with Crippen molar-refractivity contribution in [1.29, 1.82) is 0 Å². The van der Waals surface area contributed by atoms with Crippen molar-refractivity contribution in [3.05, 3.63) is 0 Å². The lowest BCUT2D eigenvalue weighted by atomic mass is 10.2. The number of carbonyl (C=O) groups is 1. The van der Waals surface area contributed by atoms with Gasteiger partial charge in [-0.25, -0.2) is 0 Å². The predicted molar refractivity (Wildman–Crippen MR) is 48.4 cm³/mol. The van der Waals surface area contributed by atoms with Crippen LogP contribution in [0.2, 0.25) is 0 Å². The van der Waals surface area contributed by atoms with Gasteiger partial charge in [-0.2, -0.15) is 0 Å². The van der Waals surface area contributed by atoms with Gasteiger partial charge in [-0.15, -0.1) is 0 Å². The third-order valence-corrected chi connectivity index (χ3v) is 2.88. The summed E-state index contributed by atoms with van der Waals surface area (Å²) in [6.07, 6.45) is 5.12. The van der Waals surface area contributed by atoms with Crippen LogP contribution in [0, 0.1) is 0 Å². The van der Waals surface area contributed by atoms with E-state index in [-0.39, 0.29) is 18.3 Å². The number of likely N-dealkylation sites (N-methyl/N-ethyl adjacent to an activating group) is 1. The highest BCUT2D eigenvalue weighted by Gasteiger charge is 2.32. The first-order valence-corrected chi connectivity index (χ1v) is 4.63. The molecule has 0 spiro atoms. The molecule has 0 saturated heterocycles. The molecule has 0 radical (unpaired) electrons. The van der Waals surface area contributed by atoms with Crippen LogP contribution in [0.5, 0.6) is 0 Å².